The van der Waals surface area contributed by atoms with E-state index in [1.165, 1.54) is 37.1 Å². The quantitative estimate of drug-likeness (QED) is 0.605. The maximum absolute atomic E-state index is 12.9. The Labute approximate surface area is 147 Å². The van der Waals surface area contributed by atoms with Gasteiger partial charge in [0.05, 0.1) is 11.1 Å². The SMILES string of the molecule is N#Cc1cc(Br)ccc1F.N#Cc1cc(C#CC2CC2)ccc1F. The second-order valence-corrected chi connectivity index (χ2v) is 6.00. The fourth-order valence-electron chi connectivity index (χ4n) is 1.68. The first-order valence-electron chi connectivity index (χ1n) is 7.10. The minimum absolute atomic E-state index is 0.0626. The molecule has 118 valence electrons. The van der Waals surface area contributed by atoms with Gasteiger partial charge >= 0.3 is 0 Å². The predicted molar refractivity (Wildman–Crippen MR) is 89.5 cm³/mol. The molecular formula is C19H11BrF2N2. The van der Waals surface area contributed by atoms with Gasteiger partial charge in [-0.3, -0.25) is 0 Å². The third-order valence-electron chi connectivity index (χ3n) is 3.13. The van der Waals surface area contributed by atoms with Gasteiger partial charge in [0.25, 0.3) is 0 Å². The highest BCUT2D eigenvalue weighted by atomic mass is 79.9. The average molecular weight is 385 g/mol. The number of nitriles is 2. The highest BCUT2D eigenvalue weighted by Crippen LogP contribution is 2.27. The third kappa shape index (κ3) is 5.20. The Bertz CT molecular complexity index is 894. The fraction of sp³-hybridized carbons (Fsp3) is 0.158. The first-order chi connectivity index (χ1) is 11.5. The Morgan fingerprint density at radius 2 is 1.50 bits per heavy atom. The van der Waals surface area contributed by atoms with Crippen LogP contribution in [0.3, 0.4) is 0 Å². The summed E-state index contributed by atoms with van der Waals surface area (Å²) in [5, 5.41) is 16.9. The number of hydrogen-bond donors (Lipinski definition) is 0. The molecule has 0 atom stereocenters. The summed E-state index contributed by atoms with van der Waals surface area (Å²) in [5.41, 5.74) is 0.844. The topological polar surface area (TPSA) is 47.6 Å². The van der Waals surface area contributed by atoms with Crippen molar-refractivity contribution in [3.05, 3.63) is 69.2 Å². The molecule has 5 heteroatoms. The molecule has 0 aromatic heterocycles. The van der Waals surface area contributed by atoms with E-state index in [1.54, 1.807) is 24.3 Å². The van der Waals surface area contributed by atoms with Gasteiger partial charge in [-0.1, -0.05) is 27.8 Å². The number of hydrogen-bond acceptors (Lipinski definition) is 2. The highest BCUT2D eigenvalue weighted by Gasteiger charge is 2.17. The van der Waals surface area contributed by atoms with Crippen LogP contribution in [-0.4, -0.2) is 0 Å². The van der Waals surface area contributed by atoms with E-state index in [0.29, 0.717) is 10.4 Å². The molecule has 2 aromatic rings. The zero-order valence-corrected chi connectivity index (χ0v) is 14.1. The second kappa shape index (κ2) is 8.25. The lowest BCUT2D eigenvalue weighted by molar-refractivity contribution is 0.623. The van der Waals surface area contributed by atoms with Gasteiger partial charge in [0.1, 0.15) is 23.8 Å². The highest BCUT2D eigenvalue weighted by molar-refractivity contribution is 9.10. The molecule has 1 aliphatic carbocycles. The molecule has 1 saturated carbocycles. The molecule has 0 amide bonds. The van der Waals surface area contributed by atoms with Crippen molar-refractivity contribution in [1.29, 1.82) is 10.5 Å². The van der Waals surface area contributed by atoms with Crippen LogP contribution in [0, 0.1) is 52.1 Å². The Hall–Kier alpha value is -2.68. The van der Waals surface area contributed by atoms with Crippen LogP contribution in [0.1, 0.15) is 29.5 Å². The van der Waals surface area contributed by atoms with Crippen LogP contribution < -0.4 is 0 Å². The molecule has 0 spiro atoms. The second-order valence-electron chi connectivity index (χ2n) is 5.09. The number of benzene rings is 2. The molecule has 1 fully saturated rings. The molecule has 0 N–H and O–H groups in total. The fourth-order valence-corrected chi connectivity index (χ4v) is 2.05. The molecule has 0 unspecified atom stereocenters. The summed E-state index contributed by atoms with van der Waals surface area (Å²) in [6, 6.07) is 12.2. The molecule has 0 heterocycles. The van der Waals surface area contributed by atoms with Crippen molar-refractivity contribution in [2.24, 2.45) is 5.92 Å². The van der Waals surface area contributed by atoms with Gasteiger partial charge in [0.2, 0.25) is 0 Å². The molecule has 1 aliphatic rings. The minimum Gasteiger partial charge on any atom is -0.206 e. The molecule has 3 rings (SSSR count). The molecule has 24 heavy (non-hydrogen) atoms. The summed E-state index contributed by atoms with van der Waals surface area (Å²) in [4.78, 5) is 0. The standard InChI is InChI=1S/C12H8FN.C7H3BrFN/c13-12-6-5-10(7-11(12)8-14)4-3-9-1-2-9;8-6-1-2-7(9)5(3-6)4-10/h5-7,9H,1-2H2;1-3H. The molecule has 0 bridgehead atoms. The van der Waals surface area contributed by atoms with Crippen LogP contribution >= 0.6 is 15.9 Å². The average Bonchev–Trinajstić information content (AvgIpc) is 3.41. The summed E-state index contributed by atoms with van der Waals surface area (Å²) >= 11 is 3.12. The lowest BCUT2D eigenvalue weighted by atomic mass is 10.1. The third-order valence-corrected chi connectivity index (χ3v) is 3.63. The maximum Gasteiger partial charge on any atom is 0.141 e. The van der Waals surface area contributed by atoms with E-state index in [0.717, 1.165) is 5.56 Å². The van der Waals surface area contributed by atoms with Gasteiger partial charge in [0, 0.05) is 16.0 Å². The zero-order chi connectivity index (χ0) is 17.5. The Morgan fingerprint density at radius 3 is 2.04 bits per heavy atom. The molecule has 2 aromatic carbocycles. The van der Waals surface area contributed by atoms with E-state index in [-0.39, 0.29) is 11.1 Å². The van der Waals surface area contributed by atoms with Crippen LogP contribution in [0.5, 0.6) is 0 Å². The van der Waals surface area contributed by atoms with Crippen LogP contribution in [0.25, 0.3) is 0 Å². The van der Waals surface area contributed by atoms with Crippen LogP contribution in [-0.2, 0) is 0 Å². The van der Waals surface area contributed by atoms with E-state index in [9.17, 15) is 8.78 Å². The van der Waals surface area contributed by atoms with Gasteiger partial charge < -0.3 is 0 Å². The monoisotopic (exact) mass is 384 g/mol. The maximum atomic E-state index is 12.9. The first-order valence-corrected chi connectivity index (χ1v) is 7.89. The van der Waals surface area contributed by atoms with Gasteiger partial charge in [-0.25, -0.2) is 8.78 Å². The van der Waals surface area contributed by atoms with Crippen LogP contribution in [0.4, 0.5) is 8.78 Å². The van der Waals surface area contributed by atoms with Gasteiger partial charge in [-0.05, 0) is 49.2 Å². The van der Waals surface area contributed by atoms with E-state index >= 15 is 0 Å². The molecule has 0 saturated heterocycles. The Kier molecular flexibility index (Phi) is 6.07. The van der Waals surface area contributed by atoms with Crippen molar-refractivity contribution < 1.29 is 8.78 Å². The van der Waals surface area contributed by atoms with E-state index in [2.05, 4.69) is 27.8 Å². The zero-order valence-electron chi connectivity index (χ0n) is 12.5. The normalized spacial score (nSPS) is 11.9. The Morgan fingerprint density at radius 1 is 0.917 bits per heavy atom. The van der Waals surface area contributed by atoms with Crippen molar-refractivity contribution in [3.63, 3.8) is 0 Å². The van der Waals surface area contributed by atoms with Crippen molar-refractivity contribution in [2.45, 2.75) is 12.8 Å². The van der Waals surface area contributed by atoms with Crippen LogP contribution in [0.15, 0.2) is 40.9 Å². The summed E-state index contributed by atoms with van der Waals surface area (Å²) in [5.74, 6) is 5.56. The molecular weight excluding hydrogens is 374 g/mol. The van der Waals surface area contributed by atoms with E-state index in [4.69, 9.17) is 10.5 Å². The predicted octanol–water partition coefficient (Wildman–Crippen LogP) is 4.92. The Balaban J connectivity index is 0.000000185. The van der Waals surface area contributed by atoms with Crippen molar-refractivity contribution in [1.82, 2.24) is 0 Å². The van der Waals surface area contributed by atoms with Gasteiger partial charge in [-0.2, -0.15) is 10.5 Å². The number of rotatable bonds is 0. The number of halogens is 3. The van der Waals surface area contributed by atoms with Crippen LogP contribution in [0.2, 0.25) is 0 Å². The molecule has 0 aliphatic heterocycles. The molecule has 2 nitrogen and oxygen atoms in total. The first kappa shape index (κ1) is 17.7. The van der Waals surface area contributed by atoms with Crippen molar-refractivity contribution in [2.75, 3.05) is 0 Å². The van der Waals surface area contributed by atoms with E-state index < -0.39 is 11.6 Å². The smallest absolute Gasteiger partial charge is 0.141 e. The lowest BCUT2D eigenvalue weighted by Crippen LogP contribution is -1.84. The molecule has 0 radical (unpaired) electrons. The van der Waals surface area contributed by atoms with E-state index in [1.807, 2.05) is 0 Å². The summed E-state index contributed by atoms with van der Waals surface area (Å²) < 4.78 is 26.2. The summed E-state index contributed by atoms with van der Waals surface area (Å²) in [7, 11) is 0. The van der Waals surface area contributed by atoms with Gasteiger partial charge in [-0.15, -0.1) is 0 Å². The van der Waals surface area contributed by atoms with Crippen molar-refractivity contribution in [3.8, 4) is 24.0 Å². The van der Waals surface area contributed by atoms with Crippen molar-refractivity contribution >= 4 is 15.9 Å². The van der Waals surface area contributed by atoms with Gasteiger partial charge in [0.15, 0.2) is 0 Å². The largest absolute Gasteiger partial charge is 0.206 e. The lowest BCUT2D eigenvalue weighted by Gasteiger charge is -1.93. The summed E-state index contributed by atoms with van der Waals surface area (Å²) in [6.07, 6.45) is 2.33. The minimum atomic E-state index is -0.482. The summed E-state index contributed by atoms with van der Waals surface area (Å²) in [6.45, 7) is 0. The number of nitrogens with zero attached hydrogens (tertiary/aromatic N) is 2.